The van der Waals surface area contributed by atoms with Crippen molar-refractivity contribution in [3.8, 4) is 5.75 Å². The molecule has 3 rings (SSSR count). The molecule has 35 heavy (non-hydrogen) atoms. The van der Waals surface area contributed by atoms with Crippen molar-refractivity contribution in [2.75, 3.05) is 7.11 Å². The molecule has 1 atom stereocenters. The Balaban J connectivity index is 2.12. The Morgan fingerprint density at radius 2 is 1.34 bits per heavy atom. The summed E-state index contributed by atoms with van der Waals surface area (Å²) in [5, 5.41) is 0. The summed E-state index contributed by atoms with van der Waals surface area (Å²) in [4.78, 5) is 31.3. The number of esters is 2. The van der Waals surface area contributed by atoms with Gasteiger partial charge in [0, 0.05) is 5.56 Å². The van der Waals surface area contributed by atoms with Crippen molar-refractivity contribution in [2.24, 2.45) is 4.99 Å². The number of methoxy groups -OCH3 is 1. The van der Waals surface area contributed by atoms with Crippen LogP contribution in [0.1, 0.15) is 49.2 Å². The van der Waals surface area contributed by atoms with Crippen LogP contribution in [0, 0.1) is 0 Å². The third kappa shape index (κ3) is 6.79. The van der Waals surface area contributed by atoms with Gasteiger partial charge in [0.25, 0.3) is 0 Å². The van der Waals surface area contributed by atoms with Crippen molar-refractivity contribution in [2.45, 2.75) is 45.4 Å². The van der Waals surface area contributed by atoms with Gasteiger partial charge in [-0.25, -0.2) is 9.59 Å². The van der Waals surface area contributed by atoms with E-state index in [1.165, 1.54) is 0 Å². The summed E-state index contributed by atoms with van der Waals surface area (Å²) in [6.45, 7) is 7.20. The number of benzene rings is 3. The zero-order valence-electron chi connectivity index (χ0n) is 20.8. The maximum Gasteiger partial charge on any atom is 0.357 e. The zero-order valence-corrected chi connectivity index (χ0v) is 20.8. The summed E-state index contributed by atoms with van der Waals surface area (Å²) in [6, 6.07) is 25.1. The molecule has 0 N–H and O–H groups in total. The monoisotopic (exact) mass is 473 g/mol. The van der Waals surface area contributed by atoms with Crippen LogP contribution in [0.15, 0.2) is 89.9 Å². The van der Waals surface area contributed by atoms with Crippen LogP contribution >= 0.6 is 0 Å². The Morgan fingerprint density at radius 1 is 0.771 bits per heavy atom. The smallest absolute Gasteiger partial charge is 0.357 e. The lowest BCUT2D eigenvalue weighted by Crippen LogP contribution is -2.45. The Morgan fingerprint density at radius 3 is 1.89 bits per heavy atom. The average molecular weight is 474 g/mol. The van der Waals surface area contributed by atoms with E-state index >= 15 is 0 Å². The van der Waals surface area contributed by atoms with Crippen LogP contribution in [0.25, 0.3) is 0 Å². The molecule has 0 bridgehead atoms. The fourth-order valence-corrected chi connectivity index (χ4v) is 3.46. The first-order valence-electron chi connectivity index (χ1n) is 11.4. The molecule has 3 aromatic rings. The van der Waals surface area contributed by atoms with Crippen molar-refractivity contribution >= 4 is 17.7 Å². The maximum absolute atomic E-state index is 13.5. The first-order valence-corrected chi connectivity index (χ1v) is 11.4. The number of rotatable bonds is 8. The summed E-state index contributed by atoms with van der Waals surface area (Å²) in [6.07, 6.45) is 0. The third-order valence-electron chi connectivity index (χ3n) is 5.25. The molecular weight excluding hydrogens is 442 g/mol. The number of carbonyl (C=O) groups is 2. The number of hydrogen-bond acceptors (Lipinski definition) is 6. The minimum absolute atomic E-state index is 0.00859. The first-order chi connectivity index (χ1) is 16.6. The van der Waals surface area contributed by atoms with E-state index < -0.39 is 23.1 Å². The molecule has 0 heterocycles. The van der Waals surface area contributed by atoms with Gasteiger partial charge in [-0.1, -0.05) is 60.7 Å². The minimum Gasteiger partial charge on any atom is -0.497 e. The lowest BCUT2D eigenvalue weighted by molar-refractivity contribution is -0.147. The molecular formula is C29H31NO5. The Bertz CT molecular complexity index is 1170. The molecule has 0 saturated heterocycles. The quantitative estimate of drug-likeness (QED) is 0.308. The second kappa shape index (κ2) is 11.0. The van der Waals surface area contributed by atoms with Gasteiger partial charge in [0.1, 0.15) is 11.4 Å². The maximum atomic E-state index is 13.5. The summed E-state index contributed by atoms with van der Waals surface area (Å²) in [5.74, 6) is -0.613. The molecule has 0 aliphatic carbocycles. The Hall–Kier alpha value is -3.93. The van der Waals surface area contributed by atoms with E-state index in [4.69, 9.17) is 14.2 Å². The standard InChI is InChI=1S/C29H31NO5/c1-28(2,3)34-27(32)25(30-20-21-12-8-6-9-13-21)29(4,23-16-18-24(33-5)19-17-23)35-26(31)22-14-10-7-11-15-22/h6-19H,20H2,1-5H3. The van der Waals surface area contributed by atoms with Crippen molar-refractivity contribution in [1.82, 2.24) is 0 Å². The molecule has 6 nitrogen and oxygen atoms in total. The molecule has 0 aliphatic heterocycles. The highest BCUT2D eigenvalue weighted by Crippen LogP contribution is 2.32. The minimum atomic E-state index is -1.53. The Labute approximate surface area is 206 Å². The van der Waals surface area contributed by atoms with Crippen LogP contribution < -0.4 is 4.74 Å². The highest BCUT2D eigenvalue weighted by atomic mass is 16.6. The van der Waals surface area contributed by atoms with Gasteiger partial charge in [-0.05, 0) is 57.5 Å². The number of carbonyl (C=O) groups excluding carboxylic acids is 2. The predicted octanol–water partition coefficient (Wildman–Crippen LogP) is 5.75. The number of hydrogen-bond donors (Lipinski definition) is 0. The van der Waals surface area contributed by atoms with Gasteiger partial charge in [-0.3, -0.25) is 4.99 Å². The van der Waals surface area contributed by atoms with Crippen molar-refractivity contribution < 1.29 is 23.8 Å². The number of aliphatic imine (C=N–C) groups is 1. The van der Waals surface area contributed by atoms with Gasteiger partial charge in [-0.2, -0.15) is 0 Å². The summed E-state index contributed by atoms with van der Waals surface area (Å²) >= 11 is 0. The second-order valence-electron chi connectivity index (χ2n) is 9.17. The Kier molecular flexibility index (Phi) is 8.07. The van der Waals surface area contributed by atoms with Crippen LogP contribution in [0.2, 0.25) is 0 Å². The van der Waals surface area contributed by atoms with Crippen LogP contribution in [-0.4, -0.2) is 30.4 Å². The van der Waals surface area contributed by atoms with Gasteiger partial charge >= 0.3 is 11.9 Å². The summed E-state index contributed by atoms with van der Waals surface area (Å²) < 4.78 is 17.0. The van der Waals surface area contributed by atoms with Crippen LogP contribution in [-0.2, 0) is 26.4 Å². The van der Waals surface area contributed by atoms with Gasteiger partial charge < -0.3 is 14.2 Å². The van der Waals surface area contributed by atoms with E-state index in [-0.39, 0.29) is 12.3 Å². The lowest BCUT2D eigenvalue weighted by atomic mass is 9.89. The SMILES string of the molecule is COc1ccc(C(C)(OC(=O)c2ccccc2)C(=NCc2ccccc2)C(=O)OC(C)(C)C)cc1. The van der Waals surface area contributed by atoms with Crippen molar-refractivity contribution in [3.63, 3.8) is 0 Å². The van der Waals surface area contributed by atoms with Crippen molar-refractivity contribution in [1.29, 1.82) is 0 Å². The molecule has 1 unspecified atom stereocenters. The number of ether oxygens (including phenoxy) is 3. The molecule has 0 aliphatic rings. The van der Waals surface area contributed by atoms with E-state index in [9.17, 15) is 9.59 Å². The normalized spacial score (nSPS) is 13.5. The van der Waals surface area contributed by atoms with Gasteiger partial charge in [0.05, 0.1) is 19.2 Å². The largest absolute Gasteiger partial charge is 0.497 e. The molecule has 182 valence electrons. The van der Waals surface area contributed by atoms with E-state index in [1.54, 1.807) is 83.3 Å². The molecule has 6 heteroatoms. The van der Waals surface area contributed by atoms with Gasteiger partial charge in [-0.15, -0.1) is 0 Å². The molecule has 0 saturated carbocycles. The average Bonchev–Trinajstić information content (AvgIpc) is 2.84. The molecule has 0 amide bonds. The molecule has 3 aromatic carbocycles. The lowest BCUT2D eigenvalue weighted by Gasteiger charge is -2.32. The fourth-order valence-electron chi connectivity index (χ4n) is 3.46. The topological polar surface area (TPSA) is 74.2 Å². The molecule has 0 fully saturated rings. The first kappa shape index (κ1) is 25.7. The van der Waals surface area contributed by atoms with E-state index in [1.807, 2.05) is 36.4 Å². The van der Waals surface area contributed by atoms with E-state index in [2.05, 4.69) is 4.99 Å². The van der Waals surface area contributed by atoms with Gasteiger partial charge in [0.2, 0.25) is 0 Å². The highest BCUT2D eigenvalue weighted by Gasteiger charge is 2.43. The molecule has 0 spiro atoms. The van der Waals surface area contributed by atoms with Crippen LogP contribution in [0.5, 0.6) is 5.75 Å². The third-order valence-corrected chi connectivity index (χ3v) is 5.25. The molecule has 0 radical (unpaired) electrons. The van der Waals surface area contributed by atoms with Crippen LogP contribution in [0.4, 0.5) is 0 Å². The highest BCUT2D eigenvalue weighted by molar-refractivity contribution is 6.40. The van der Waals surface area contributed by atoms with Crippen LogP contribution in [0.3, 0.4) is 0 Å². The predicted molar refractivity (Wildman–Crippen MR) is 136 cm³/mol. The summed E-state index contributed by atoms with van der Waals surface area (Å²) in [7, 11) is 1.57. The van der Waals surface area contributed by atoms with E-state index in [0.717, 1.165) is 5.56 Å². The fraction of sp³-hybridized carbons (Fsp3) is 0.276. The van der Waals surface area contributed by atoms with Crippen molar-refractivity contribution in [3.05, 3.63) is 102 Å². The molecule has 0 aromatic heterocycles. The number of nitrogens with zero attached hydrogens (tertiary/aromatic N) is 1. The van der Waals surface area contributed by atoms with Gasteiger partial charge in [0.15, 0.2) is 11.3 Å². The second-order valence-corrected chi connectivity index (χ2v) is 9.17. The summed E-state index contributed by atoms with van der Waals surface area (Å²) in [5.41, 5.74) is -0.490. The van der Waals surface area contributed by atoms with E-state index in [0.29, 0.717) is 16.9 Å². The zero-order chi connectivity index (χ0) is 25.5.